The Kier molecular flexibility index (Phi) is 7.70. The number of esters is 2. The Bertz CT molecular complexity index is 1040. The first-order chi connectivity index (χ1) is 17.8. The number of ether oxygens (including phenoxy) is 2. The molecule has 0 saturated heterocycles. The number of carbonyl (C=O) groups is 3. The summed E-state index contributed by atoms with van der Waals surface area (Å²) in [6.45, 7) is 11.9. The Morgan fingerprint density at radius 1 is 1.03 bits per heavy atom. The lowest BCUT2D eigenvalue weighted by Gasteiger charge is -2.60. The Balaban J connectivity index is 1.66. The smallest absolute Gasteiger partial charge is 0.303 e. The molecule has 4 rings (SSSR count). The molecular formula is C31H48O8. The van der Waals surface area contributed by atoms with Crippen molar-refractivity contribution >= 4 is 17.7 Å². The van der Waals surface area contributed by atoms with Crippen LogP contribution < -0.4 is 0 Å². The molecule has 39 heavy (non-hydrogen) atoms. The van der Waals surface area contributed by atoms with Crippen LogP contribution in [0.2, 0.25) is 0 Å². The predicted octanol–water partition coefficient (Wildman–Crippen LogP) is 4.02. The zero-order valence-corrected chi connectivity index (χ0v) is 24.7. The maximum absolute atomic E-state index is 13.6. The average Bonchev–Trinajstić information content (AvgIpc) is 3.08. The molecule has 4 aliphatic carbocycles. The van der Waals surface area contributed by atoms with E-state index in [1.54, 1.807) is 26.8 Å². The quantitative estimate of drug-likeness (QED) is 0.407. The molecule has 0 amide bonds. The van der Waals surface area contributed by atoms with Gasteiger partial charge in [0.2, 0.25) is 0 Å². The molecule has 8 heteroatoms. The van der Waals surface area contributed by atoms with Gasteiger partial charge in [0.05, 0.1) is 11.2 Å². The minimum Gasteiger partial charge on any atom is -0.463 e. The van der Waals surface area contributed by atoms with Crippen molar-refractivity contribution < 1.29 is 39.2 Å². The van der Waals surface area contributed by atoms with Gasteiger partial charge in [0.15, 0.2) is 5.78 Å². The molecule has 9 atom stereocenters. The third-order valence-corrected chi connectivity index (χ3v) is 11.1. The summed E-state index contributed by atoms with van der Waals surface area (Å²) in [5, 5.41) is 34.8. The van der Waals surface area contributed by atoms with Gasteiger partial charge < -0.3 is 24.8 Å². The molecule has 4 aliphatic rings. The van der Waals surface area contributed by atoms with E-state index in [-0.39, 0.29) is 47.4 Å². The Labute approximate surface area is 232 Å². The van der Waals surface area contributed by atoms with Crippen molar-refractivity contribution in [3.63, 3.8) is 0 Å². The van der Waals surface area contributed by atoms with E-state index in [2.05, 4.69) is 6.92 Å². The Morgan fingerprint density at radius 3 is 2.28 bits per heavy atom. The lowest BCUT2D eigenvalue weighted by atomic mass is 9.46. The summed E-state index contributed by atoms with van der Waals surface area (Å²) in [5.41, 5.74) is -3.98. The Hall–Kier alpha value is -1.77. The number of hydrogen-bond donors (Lipinski definition) is 3. The number of fused-ring (bicyclic) bond motifs is 5. The van der Waals surface area contributed by atoms with Gasteiger partial charge in [-0.05, 0) is 107 Å². The SMILES string of the molecule is CC(=O)OC1CCC2(C)C(C1)C(=O)C=C1C2CCC2(C)C(C(C)(O)C(CCC(C)(C)O)OC(C)=O)CCC12O. The van der Waals surface area contributed by atoms with Gasteiger partial charge in [-0.1, -0.05) is 13.8 Å². The van der Waals surface area contributed by atoms with Gasteiger partial charge in [-0.15, -0.1) is 0 Å². The molecule has 9 unspecified atom stereocenters. The summed E-state index contributed by atoms with van der Waals surface area (Å²) in [7, 11) is 0. The number of carbonyl (C=O) groups excluding carboxylic acids is 3. The number of rotatable bonds is 7. The zero-order valence-electron chi connectivity index (χ0n) is 24.7. The summed E-state index contributed by atoms with van der Waals surface area (Å²) >= 11 is 0. The maximum atomic E-state index is 13.6. The van der Waals surface area contributed by atoms with E-state index in [0.717, 1.165) is 18.4 Å². The molecule has 0 aromatic rings. The molecule has 0 spiro atoms. The van der Waals surface area contributed by atoms with Crippen molar-refractivity contribution in [3.8, 4) is 0 Å². The van der Waals surface area contributed by atoms with E-state index in [1.807, 2.05) is 6.92 Å². The molecular weight excluding hydrogens is 500 g/mol. The molecule has 0 aromatic heterocycles. The van der Waals surface area contributed by atoms with Crippen molar-refractivity contribution in [2.45, 2.75) is 135 Å². The summed E-state index contributed by atoms with van der Waals surface area (Å²) < 4.78 is 11.1. The van der Waals surface area contributed by atoms with E-state index in [1.165, 1.54) is 13.8 Å². The van der Waals surface area contributed by atoms with Gasteiger partial charge in [-0.3, -0.25) is 14.4 Å². The largest absolute Gasteiger partial charge is 0.463 e. The van der Waals surface area contributed by atoms with E-state index in [9.17, 15) is 29.7 Å². The second-order valence-electron chi connectivity index (χ2n) is 14.2. The van der Waals surface area contributed by atoms with Crippen LogP contribution in [-0.2, 0) is 23.9 Å². The molecule has 3 fully saturated rings. The third-order valence-electron chi connectivity index (χ3n) is 11.1. The first kappa shape index (κ1) is 30.2. The molecule has 3 N–H and O–H groups in total. The lowest BCUT2D eigenvalue weighted by Crippen LogP contribution is -2.62. The molecule has 3 saturated carbocycles. The number of aliphatic hydroxyl groups is 3. The van der Waals surface area contributed by atoms with Crippen LogP contribution >= 0.6 is 0 Å². The second kappa shape index (κ2) is 9.95. The molecule has 0 aliphatic heterocycles. The minimum absolute atomic E-state index is 0.0172. The third kappa shape index (κ3) is 5.10. The highest BCUT2D eigenvalue weighted by atomic mass is 16.6. The molecule has 0 aromatic carbocycles. The normalized spacial score (nSPS) is 40.4. The monoisotopic (exact) mass is 548 g/mol. The fraction of sp³-hybridized carbons (Fsp3) is 0.839. The fourth-order valence-electron chi connectivity index (χ4n) is 8.96. The summed E-state index contributed by atoms with van der Waals surface area (Å²) in [4.78, 5) is 37.2. The maximum Gasteiger partial charge on any atom is 0.303 e. The number of hydrogen-bond acceptors (Lipinski definition) is 8. The highest BCUT2D eigenvalue weighted by Gasteiger charge is 2.69. The van der Waals surface area contributed by atoms with Crippen molar-refractivity contribution in [2.24, 2.45) is 28.6 Å². The van der Waals surface area contributed by atoms with Crippen molar-refractivity contribution in [2.75, 3.05) is 0 Å². The van der Waals surface area contributed by atoms with Crippen molar-refractivity contribution in [1.29, 1.82) is 0 Å². The van der Waals surface area contributed by atoms with Gasteiger partial charge in [0.1, 0.15) is 17.8 Å². The number of allylic oxidation sites excluding steroid dienone is 1. The van der Waals surface area contributed by atoms with Gasteiger partial charge in [-0.2, -0.15) is 0 Å². The van der Waals surface area contributed by atoms with Gasteiger partial charge in [0, 0.05) is 25.2 Å². The van der Waals surface area contributed by atoms with E-state index in [0.29, 0.717) is 38.5 Å². The van der Waals surface area contributed by atoms with Crippen molar-refractivity contribution in [1.82, 2.24) is 0 Å². The Morgan fingerprint density at radius 2 is 1.69 bits per heavy atom. The van der Waals surface area contributed by atoms with Crippen LogP contribution in [0, 0.1) is 28.6 Å². The second-order valence-corrected chi connectivity index (χ2v) is 14.2. The first-order valence-corrected chi connectivity index (χ1v) is 14.6. The highest BCUT2D eigenvalue weighted by Crippen LogP contribution is 2.68. The predicted molar refractivity (Wildman–Crippen MR) is 144 cm³/mol. The van der Waals surface area contributed by atoms with E-state index >= 15 is 0 Å². The van der Waals surface area contributed by atoms with Gasteiger partial charge >= 0.3 is 11.9 Å². The van der Waals surface area contributed by atoms with Crippen molar-refractivity contribution in [3.05, 3.63) is 11.6 Å². The zero-order chi connectivity index (χ0) is 29.2. The lowest BCUT2D eigenvalue weighted by molar-refractivity contribution is -0.191. The molecule has 220 valence electrons. The van der Waals surface area contributed by atoms with Crippen LogP contribution in [0.4, 0.5) is 0 Å². The first-order valence-electron chi connectivity index (χ1n) is 14.6. The average molecular weight is 549 g/mol. The van der Waals surface area contributed by atoms with Crippen LogP contribution in [0.25, 0.3) is 0 Å². The summed E-state index contributed by atoms with van der Waals surface area (Å²) in [6.07, 6.45) is 5.50. The van der Waals surface area contributed by atoms with E-state index < -0.39 is 34.3 Å². The van der Waals surface area contributed by atoms with Crippen LogP contribution in [-0.4, -0.2) is 62.1 Å². The topological polar surface area (TPSA) is 130 Å². The van der Waals surface area contributed by atoms with Gasteiger partial charge in [0.25, 0.3) is 0 Å². The van der Waals surface area contributed by atoms with Crippen LogP contribution in [0.5, 0.6) is 0 Å². The van der Waals surface area contributed by atoms with E-state index in [4.69, 9.17) is 9.47 Å². The molecule has 0 bridgehead atoms. The molecule has 8 nitrogen and oxygen atoms in total. The standard InChI is InChI=1S/C31H48O8/c1-18(32)38-20-8-13-28(5)21-9-14-29(6)25(10-15-31(29,37)22(21)17-24(34)23(28)16-20)30(7,36)26(39-19(2)33)11-12-27(3,4)35/h17,20-21,23,25-26,35-37H,8-16H2,1-7H3. The van der Waals surface area contributed by atoms with Crippen LogP contribution in [0.1, 0.15) is 106 Å². The minimum atomic E-state index is -1.45. The highest BCUT2D eigenvalue weighted by molar-refractivity contribution is 5.95. The summed E-state index contributed by atoms with van der Waals surface area (Å²) in [6, 6.07) is 0. The number of ketones is 1. The molecule has 0 radical (unpaired) electrons. The fourth-order valence-corrected chi connectivity index (χ4v) is 8.96. The van der Waals surface area contributed by atoms with Crippen LogP contribution in [0.15, 0.2) is 11.6 Å². The summed E-state index contributed by atoms with van der Waals surface area (Å²) in [5.74, 6) is -1.46. The van der Waals surface area contributed by atoms with Gasteiger partial charge in [-0.25, -0.2) is 0 Å². The molecule has 0 heterocycles. The van der Waals surface area contributed by atoms with Crippen LogP contribution in [0.3, 0.4) is 0 Å².